The van der Waals surface area contributed by atoms with Crippen molar-refractivity contribution in [3.8, 4) is 22.3 Å². The Morgan fingerprint density at radius 3 is 1.58 bits per heavy atom. The molecule has 0 spiro atoms. The molecule has 148 valence electrons. The lowest BCUT2D eigenvalue weighted by molar-refractivity contribution is 1.28. The summed E-state index contributed by atoms with van der Waals surface area (Å²) in [5.74, 6) is 0. The zero-order chi connectivity index (χ0) is 20.9. The number of para-hydroxylation sites is 2. The minimum absolute atomic E-state index is 1.14. The number of nitrogens with zero attached hydrogens (tertiary/aromatic N) is 1. The van der Waals surface area contributed by atoms with E-state index in [-0.39, 0.29) is 0 Å². The SMILES string of the molecule is c1ccc(-c2cccc(N(c3ccccc3)c3ccccc3-c3ccccc3)c2)cc1. The van der Waals surface area contributed by atoms with Crippen LogP contribution in [-0.4, -0.2) is 0 Å². The Kier molecular flexibility index (Phi) is 5.32. The van der Waals surface area contributed by atoms with Crippen molar-refractivity contribution in [3.63, 3.8) is 0 Å². The first-order valence-corrected chi connectivity index (χ1v) is 10.6. The van der Waals surface area contributed by atoms with E-state index in [4.69, 9.17) is 0 Å². The van der Waals surface area contributed by atoms with E-state index in [0.717, 1.165) is 17.1 Å². The summed E-state index contributed by atoms with van der Waals surface area (Å²) >= 11 is 0. The van der Waals surface area contributed by atoms with Crippen molar-refractivity contribution in [2.45, 2.75) is 0 Å². The molecule has 0 bridgehead atoms. The van der Waals surface area contributed by atoms with Crippen molar-refractivity contribution in [2.24, 2.45) is 0 Å². The molecule has 0 saturated carbocycles. The maximum atomic E-state index is 2.34. The van der Waals surface area contributed by atoms with Crippen LogP contribution in [0.2, 0.25) is 0 Å². The Balaban J connectivity index is 1.70. The largest absolute Gasteiger partial charge is 0.310 e. The lowest BCUT2D eigenvalue weighted by Gasteiger charge is -2.28. The highest BCUT2D eigenvalue weighted by atomic mass is 15.1. The second kappa shape index (κ2) is 8.73. The maximum Gasteiger partial charge on any atom is 0.0540 e. The first kappa shape index (κ1) is 18.9. The van der Waals surface area contributed by atoms with E-state index >= 15 is 0 Å². The molecule has 0 aromatic heterocycles. The molecule has 0 saturated heterocycles. The van der Waals surface area contributed by atoms with Crippen molar-refractivity contribution < 1.29 is 0 Å². The van der Waals surface area contributed by atoms with Crippen LogP contribution in [0.3, 0.4) is 0 Å². The topological polar surface area (TPSA) is 3.24 Å². The van der Waals surface area contributed by atoms with Crippen LogP contribution in [0.4, 0.5) is 17.1 Å². The van der Waals surface area contributed by atoms with Gasteiger partial charge in [-0.25, -0.2) is 0 Å². The highest BCUT2D eigenvalue weighted by molar-refractivity contribution is 5.88. The molecule has 0 amide bonds. The van der Waals surface area contributed by atoms with Crippen LogP contribution in [0.5, 0.6) is 0 Å². The number of hydrogen-bond donors (Lipinski definition) is 0. The number of rotatable bonds is 5. The molecule has 0 heterocycles. The van der Waals surface area contributed by atoms with E-state index in [0.29, 0.717) is 0 Å². The average Bonchev–Trinajstić information content (AvgIpc) is 2.87. The van der Waals surface area contributed by atoms with Crippen molar-refractivity contribution in [1.82, 2.24) is 0 Å². The quantitative estimate of drug-likeness (QED) is 0.287. The van der Waals surface area contributed by atoms with Crippen molar-refractivity contribution in [1.29, 1.82) is 0 Å². The monoisotopic (exact) mass is 397 g/mol. The summed E-state index contributed by atoms with van der Waals surface area (Å²) in [5, 5.41) is 0. The van der Waals surface area contributed by atoms with Crippen molar-refractivity contribution >= 4 is 17.1 Å². The average molecular weight is 398 g/mol. The summed E-state index contributed by atoms with van der Waals surface area (Å²) < 4.78 is 0. The number of benzene rings is 5. The fourth-order valence-corrected chi connectivity index (χ4v) is 3.99. The molecular weight excluding hydrogens is 374 g/mol. The van der Waals surface area contributed by atoms with Gasteiger partial charge in [0.25, 0.3) is 0 Å². The molecule has 0 atom stereocenters. The number of hydrogen-bond acceptors (Lipinski definition) is 1. The summed E-state index contributed by atoms with van der Waals surface area (Å²) in [6.45, 7) is 0. The molecular formula is C30H23N. The van der Waals surface area contributed by atoms with Gasteiger partial charge in [-0.1, -0.05) is 109 Å². The van der Waals surface area contributed by atoms with E-state index in [9.17, 15) is 0 Å². The van der Waals surface area contributed by atoms with Gasteiger partial charge in [0, 0.05) is 16.9 Å². The Bertz CT molecular complexity index is 1260. The highest BCUT2D eigenvalue weighted by Gasteiger charge is 2.17. The molecule has 31 heavy (non-hydrogen) atoms. The van der Waals surface area contributed by atoms with Gasteiger partial charge < -0.3 is 4.90 Å². The van der Waals surface area contributed by atoms with Gasteiger partial charge in [-0.3, -0.25) is 0 Å². The summed E-state index contributed by atoms with van der Waals surface area (Å²) in [5.41, 5.74) is 8.26. The molecule has 5 aromatic carbocycles. The van der Waals surface area contributed by atoms with E-state index in [1.54, 1.807) is 0 Å². The molecule has 0 fully saturated rings. The Morgan fingerprint density at radius 1 is 0.355 bits per heavy atom. The van der Waals surface area contributed by atoms with Gasteiger partial charge >= 0.3 is 0 Å². The molecule has 1 nitrogen and oxygen atoms in total. The Morgan fingerprint density at radius 2 is 0.871 bits per heavy atom. The molecule has 0 aliphatic heterocycles. The minimum atomic E-state index is 1.14. The third-order valence-electron chi connectivity index (χ3n) is 5.46. The summed E-state index contributed by atoms with van der Waals surface area (Å²) in [6, 6.07) is 49.1. The van der Waals surface area contributed by atoms with Gasteiger partial charge in [0.15, 0.2) is 0 Å². The Hall–Kier alpha value is -4.10. The van der Waals surface area contributed by atoms with Crippen LogP contribution in [0.15, 0.2) is 140 Å². The summed E-state index contributed by atoms with van der Waals surface area (Å²) in [7, 11) is 0. The third kappa shape index (κ3) is 3.99. The fourth-order valence-electron chi connectivity index (χ4n) is 3.99. The first-order chi connectivity index (χ1) is 15.4. The second-order valence-corrected chi connectivity index (χ2v) is 7.47. The van der Waals surface area contributed by atoms with Crippen LogP contribution in [0.25, 0.3) is 22.3 Å². The predicted molar refractivity (Wildman–Crippen MR) is 132 cm³/mol. The summed E-state index contributed by atoms with van der Waals surface area (Å²) in [4.78, 5) is 2.34. The Labute approximate surface area is 183 Å². The predicted octanol–water partition coefficient (Wildman–Crippen LogP) is 8.49. The smallest absolute Gasteiger partial charge is 0.0540 e. The van der Waals surface area contributed by atoms with Gasteiger partial charge in [0.1, 0.15) is 0 Å². The van der Waals surface area contributed by atoms with Gasteiger partial charge in [0.2, 0.25) is 0 Å². The molecule has 0 unspecified atom stereocenters. The highest BCUT2D eigenvalue weighted by Crippen LogP contribution is 2.41. The van der Waals surface area contributed by atoms with Crippen LogP contribution >= 0.6 is 0 Å². The number of anilines is 3. The lowest BCUT2D eigenvalue weighted by atomic mass is 10.0. The van der Waals surface area contributed by atoms with Crippen LogP contribution in [0.1, 0.15) is 0 Å². The molecule has 5 aromatic rings. The van der Waals surface area contributed by atoms with Crippen LogP contribution in [-0.2, 0) is 0 Å². The molecule has 1 heteroatoms. The van der Waals surface area contributed by atoms with Gasteiger partial charge in [-0.15, -0.1) is 0 Å². The standard InChI is InChI=1S/C30H23N/c1-4-13-24(14-5-1)26-17-12-20-28(23-26)31(27-18-8-3-9-19-27)30-22-11-10-21-29(30)25-15-6-2-7-16-25/h1-23H. The fraction of sp³-hybridized carbons (Fsp3) is 0. The normalized spacial score (nSPS) is 10.6. The molecule has 5 rings (SSSR count). The zero-order valence-corrected chi connectivity index (χ0v) is 17.2. The minimum Gasteiger partial charge on any atom is -0.310 e. The van der Waals surface area contributed by atoms with Gasteiger partial charge in [-0.2, -0.15) is 0 Å². The molecule has 0 aliphatic rings. The second-order valence-electron chi connectivity index (χ2n) is 7.47. The van der Waals surface area contributed by atoms with Crippen molar-refractivity contribution in [3.05, 3.63) is 140 Å². The van der Waals surface area contributed by atoms with E-state index in [2.05, 4.69) is 144 Å². The van der Waals surface area contributed by atoms with Crippen molar-refractivity contribution in [2.75, 3.05) is 4.90 Å². The molecule has 0 aliphatic carbocycles. The first-order valence-electron chi connectivity index (χ1n) is 10.6. The van der Waals surface area contributed by atoms with E-state index in [1.807, 2.05) is 0 Å². The van der Waals surface area contributed by atoms with Crippen LogP contribution < -0.4 is 4.90 Å². The molecule has 0 N–H and O–H groups in total. The third-order valence-corrected chi connectivity index (χ3v) is 5.46. The van der Waals surface area contributed by atoms with E-state index < -0.39 is 0 Å². The lowest BCUT2D eigenvalue weighted by Crippen LogP contribution is -2.11. The van der Waals surface area contributed by atoms with Gasteiger partial charge in [-0.05, 0) is 47.0 Å². The zero-order valence-electron chi connectivity index (χ0n) is 17.2. The van der Waals surface area contributed by atoms with Crippen LogP contribution in [0, 0.1) is 0 Å². The maximum absolute atomic E-state index is 2.34. The van der Waals surface area contributed by atoms with Gasteiger partial charge in [0.05, 0.1) is 5.69 Å². The molecule has 0 radical (unpaired) electrons. The summed E-state index contributed by atoms with van der Waals surface area (Å²) in [6.07, 6.45) is 0. The van der Waals surface area contributed by atoms with E-state index in [1.165, 1.54) is 22.3 Å².